The van der Waals surface area contributed by atoms with Crippen molar-refractivity contribution >= 4 is 5.96 Å². The molecule has 0 amide bonds. The van der Waals surface area contributed by atoms with Gasteiger partial charge in [0.2, 0.25) is 0 Å². The summed E-state index contributed by atoms with van der Waals surface area (Å²) in [6.07, 6.45) is 1.02. The Balaban J connectivity index is 2.61. The molecule has 0 unspecified atom stereocenters. The van der Waals surface area contributed by atoms with Crippen LogP contribution in [0.4, 0.5) is 0 Å². The van der Waals surface area contributed by atoms with Gasteiger partial charge >= 0.3 is 0 Å². The molecule has 0 heterocycles. The van der Waals surface area contributed by atoms with E-state index in [4.69, 9.17) is 4.74 Å². The number of hydrogen-bond donors (Lipinski definition) is 2. The largest absolute Gasteiger partial charge is 0.494 e. The average molecular weight is 291 g/mol. The second-order valence-corrected chi connectivity index (χ2v) is 5.47. The lowest BCUT2D eigenvalue weighted by Crippen LogP contribution is -2.39. The van der Waals surface area contributed by atoms with Crippen LogP contribution in [-0.4, -0.2) is 25.7 Å². The Labute approximate surface area is 129 Å². The summed E-state index contributed by atoms with van der Waals surface area (Å²) in [6.45, 7) is 11.7. The molecule has 0 aliphatic heterocycles. The molecular formula is C17H29N3O. The molecule has 0 aliphatic rings. The zero-order valence-corrected chi connectivity index (χ0v) is 13.8. The molecule has 0 radical (unpaired) electrons. The van der Waals surface area contributed by atoms with Crippen molar-refractivity contribution in [1.29, 1.82) is 0 Å². The molecule has 0 aliphatic carbocycles. The fourth-order valence-electron chi connectivity index (χ4n) is 1.77. The van der Waals surface area contributed by atoms with Gasteiger partial charge in [-0.2, -0.15) is 0 Å². The molecule has 1 aromatic rings. The number of nitrogens with zero attached hydrogens (tertiary/aromatic N) is 1. The Morgan fingerprint density at radius 1 is 1.24 bits per heavy atom. The fraction of sp³-hybridized carbons (Fsp3) is 0.588. The van der Waals surface area contributed by atoms with Crippen molar-refractivity contribution in [2.75, 3.05) is 19.7 Å². The molecule has 0 saturated heterocycles. The maximum Gasteiger partial charge on any atom is 0.191 e. The topological polar surface area (TPSA) is 45.6 Å². The Morgan fingerprint density at radius 3 is 2.71 bits per heavy atom. The maximum absolute atomic E-state index is 5.65. The van der Waals surface area contributed by atoms with Crippen molar-refractivity contribution in [3.63, 3.8) is 0 Å². The smallest absolute Gasteiger partial charge is 0.191 e. The predicted octanol–water partition coefficient (Wildman–Crippen LogP) is 3.19. The third-order valence-corrected chi connectivity index (χ3v) is 2.81. The number of nitrogens with one attached hydrogen (secondary N) is 2. The molecule has 1 rings (SSSR count). The molecule has 0 fully saturated rings. The summed E-state index contributed by atoms with van der Waals surface area (Å²) < 4.78 is 5.65. The van der Waals surface area contributed by atoms with Gasteiger partial charge in [-0.25, -0.2) is 4.99 Å². The molecule has 0 atom stereocenters. The van der Waals surface area contributed by atoms with Crippen LogP contribution in [0.15, 0.2) is 29.3 Å². The highest BCUT2D eigenvalue weighted by Gasteiger charge is 2.00. The van der Waals surface area contributed by atoms with E-state index >= 15 is 0 Å². The van der Waals surface area contributed by atoms with Crippen molar-refractivity contribution < 1.29 is 4.74 Å². The van der Waals surface area contributed by atoms with Gasteiger partial charge < -0.3 is 15.4 Å². The van der Waals surface area contributed by atoms with Crippen LogP contribution in [0.25, 0.3) is 0 Å². The minimum atomic E-state index is 0.597. The zero-order chi connectivity index (χ0) is 15.5. The molecule has 1 aromatic carbocycles. The molecular weight excluding hydrogens is 262 g/mol. The lowest BCUT2D eigenvalue weighted by atomic mass is 10.2. The molecule has 118 valence electrons. The number of hydrogen-bond acceptors (Lipinski definition) is 2. The minimum absolute atomic E-state index is 0.597. The summed E-state index contributed by atoms with van der Waals surface area (Å²) in [7, 11) is 0. The quantitative estimate of drug-likeness (QED) is 0.571. The van der Waals surface area contributed by atoms with Gasteiger partial charge in [-0.3, -0.25) is 0 Å². The van der Waals surface area contributed by atoms with Gasteiger partial charge in [-0.1, -0.05) is 32.9 Å². The molecule has 0 aromatic heterocycles. The van der Waals surface area contributed by atoms with E-state index < -0.39 is 0 Å². The molecule has 0 spiro atoms. The molecule has 4 nitrogen and oxygen atoms in total. The highest BCUT2D eigenvalue weighted by molar-refractivity contribution is 5.79. The van der Waals surface area contributed by atoms with E-state index in [9.17, 15) is 0 Å². The third-order valence-electron chi connectivity index (χ3n) is 2.81. The Bertz CT molecular complexity index is 430. The fourth-order valence-corrected chi connectivity index (χ4v) is 1.77. The zero-order valence-electron chi connectivity index (χ0n) is 13.8. The van der Waals surface area contributed by atoms with Crippen LogP contribution in [0.5, 0.6) is 5.75 Å². The monoisotopic (exact) mass is 291 g/mol. The number of guanidine groups is 1. The summed E-state index contributed by atoms with van der Waals surface area (Å²) >= 11 is 0. The number of rotatable bonds is 8. The highest BCUT2D eigenvalue weighted by Crippen LogP contribution is 2.14. The van der Waals surface area contributed by atoms with Gasteiger partial charge in [-0.05, 0) is 37.0 Å². The van der Waals surface area contributed by atoms with Gasteiger partial charge in [-0.15, -0.1) is 0 Å². The molecule has 0 saturated carbocycles. The van der Waals surface area contributed by atoms with E-state index in [-0.39, 0.29) is 0 Å². The van der Waals surface area contributed by atoms with E-state index in [0.717, 1.165) is 43.4 Å². The predicted molar refractivity (Wildman–Crippen MR) is 89.9 cm³/mol. The van der Waals surface area contributed by atoms with E-state index in [1.54, 1.807) is 0 Å². The van der Waals surface area contributed by atoms with Crippen LogP contribution in [0.3, 0.4) is 0 Å². The van der Waals surface area contributed by atoms with Crippen LogP contribution >= 0.6 is 0 Å². The first kappa shape index (κ1) is 17.3. The van der Waals surface area contributed by atoms with Crippen LogP contribution in [0.1, 0.15) is 39.7 Å². The molecule has 21 heavy (non-hydrogen) atoms. The Kier molecular flexibility index (Phi) is 8.32. The first-order valence-electron chi connectivity index (χ1n) is 7.89. The van der Waals surface area contributed by atoms with Crippen LogP contribution in [0.2, 0.25) is 0 Å². The highest BCUT2D eigenvalue weighted by atomic mass is 16.5. The van der Waals surface area contributed by atoms with Gasteiger partial charge in [0.25, 0.3) is 0 Å². The van der Waals surface area contributed by atoms with Gasteiger partial charge in [0.1, 0.15) is 5.75 Å². The lowest BCUT2D eigenvalue weighted by Gasteiger charge is -2.13. The van der Waals surface area contributed by atoms with Gasteiger partial charge in [0.05, 0.1) is 13.2 Å². The third kappa shape index (κ3) is 7.59. The number of ether oxygens (including phenoxy) is 1. The number of benzene rings is 1. The van der Waals surface area contributed by atoms with E-state index in [1.807, 2.05) is 12.1 Å². The second kappa shape index (κ2) is 10.1. The van der Waals surface area contributed by atoms with Crippen LogP contribution in [-0.2, 0) is 6.54 Å². The van der Waals surface area contributed by atoms with Crippen molar-refractivity contribution in [2.24, 2.45) is 10.9 Å². The first-order valence-corrected chi connectivity index (χ1v) is 7.89. The van der Waals surface area contributed by atoms with Crippen molar-refractivity contribution in [3.8, 4) is 5.75 Å². The second-order valence-electron chi connectivity index (χ2n) is 5.47. The maximum atomic E-state index is 5.65. The van der Waals surface area contributed by atoms with Gasteiger partial charge in [0, 0.05) is 13.1 Å². The standard InChI is InChI=1S/C17H29N3O/c1-5-10-21-16-9-7-8-15(11-16)13-20-17(18-6-2)19-12-14(3)4/h7-9,11,14H,5-6,10,12-13H2,1-4H3,(H2,18,19,20). The lowest BCUT2D eigenvalue weighted by molar-refractivity contribution is 0.317. The summed E-state index contributed by atoms with van der Waals surface area (Å²) in [4.78, 5) is 4.62. The molecule has 2 N–H and O–H groups in total. The SMILES string of the molecule is CCCOc1cccc(CN=C(NCC)NCC(C)C)c1. The van der Waals surface area contributed by atoms with E-state index in [2.05, 4.69) is 55.5 Å². The van der Waals surface area contributed by atoms with Crippen molar-refractivity contribution in [2.45, 2.75) is 40.7 Å². The Hall–Kier alpha value is -1.71. The summed E-state index contributed by atoms with van der Waals surface area (Å²) in [5.41, 5.74) is 1.16. The normalized spacial score (nSPS) is 11.6. The Morgan fingerprint density at radius 2 is 2.05 bits per heavy atom. The average Bonchev–Trinajstić information content (AvgIpc) is 2.48. The van der Waals surface area contributed by atoms with E-state index in [0.29, 0.717) is 12.5 Å². The summed E-state index contributed by atoms with van der Waals surface area (Å²) in [5, 5.41) is 6.61. The van der Waals surface area contributed by atoms with Gasteiger partial charge in [0.15, 0.2) is 5.96 Å². The van der Waals surface area contributed by atoms with Crippen molar-refractivity contribution in [1.82, 2.24) is 10.6 Å². The number of aliphatic imine (C=N–C) groups is 1. The molecule has 0 bridgehead atoms. The summed E-state index contributed by atoms with van der Waals surface area (Å²) in [5.74, 6) is 2.38. The van der Waals surface area contributed by atoms with Crippen LogP contribution in [0, 0.1) is 5.92 Å². The minimum Gasteiger partial charge on any atom is -0.494 e. The van der Waals surface area contributed by atoms with Crippen molar-refractivity contribution in [3.05, 3.63) is 29.8 Å². The van der Waals surface area contributed by atoms with E-state index in [1.165, 1.54) is 0 Å². The van der Waals surface area contributed by atoms with Crippen LogP contribution < -0.4 is 15.4 Å². The summed E-state index contributed by atoms with van der Waals surface area (Å²) in [6, 6.07) is 8.15. The first-order chi connectivity index (χ1) is 10.2. The molecule has 4 heteroatoms.